The van der Waals surface area contributed by atoms with Crippen LogP contribution in [-0.2, 0) is 6.42 Å². The van der Waals surface area contributed by atoms with Gasteiger partial charge in [0.1, 0.15) is 0 Å². The Morgan fingerprint density at radius 1 is 1.19 bits per heavy atom. The molecule has 5 nitrogen and oxygen atoms in total. The number of anilines is 1. The van der Waals surface area contributed by atoms with Crippen molar-refractivity contribution in [2.45, 2.75) is 13.3 Å². The van der Waals surface area contributed by atoms with Gasteiger partial charge in [0.2, 0.25) is 0 Å². The molecule has 0 bridgehead atoms. The van der Waals surface area contributed by atoms with Crippen molar-refractivity contribution in [1.82, 2.24) is 4.98 Å². The lowest BCUT2D eigenvalue weighted by Gasteiger charge is -2.19. The van der Waals surface area contributed by atoms with Crippen LogP contribution in [0.2, 0.25) is 0 Å². The van der Waals surface area contributed by atoms with Crippen molar-refractivity contribution < 1.29 is 9.47 Å². The number of benzene rings is 1. The lowest BCUT2D eigenvalue weighted by atomic mass is 9.95. The van der Waals surface area contributed by atoms with Crippen LogP contribution < -0.4 is 15.2 Å². The van der Waals surface area contributed by atoms with Crippen molar-refractivity contribution in [3.8, 4) is 11.5 Å². The highest BCUT2D eigenvalue weighted by atomic mass is 32.1. The number of thiazole rings is 1. The summed E-state index contributed by atoms with van der Waals surface area (Å²) in [7, 11) is 3.29. The van der Waals surface area contributed by atoms with E-state index < -0.39 is 0 Å². The zero-order valence-electron chi connectivity index (χ0n) is 12.3. The number of nitrogens with two attached hydrogens (primary N) is 1. The molecule has 0 saturated carbocycles. The van der Waals surface area contributed by atoms with Crippen LogP contribution in [0.3, 0.4) is 0 Å². The van der Waals surface area contributed by atoms with Gasteiger partial charge >= 0.3 is 0 Å². The minimum absolute atomic E-state index is 0.567. The van der Waals surface area contributed by atoms with Gasteiger partial charge in [0.15, 0.2) is 16.6 Å². The number of fused-ring (bicyclic) bond motifs is 1. The average Bonchev–Trinajstić information content (AvgIpc) is 2.83. The molecule has 2 N–H and O–H groups in total. The van der Waals surface area contributed by atoms with E-state index in [0.717, 1.165) is 40.6 Å². The first-order valence-corrected chi connectivity index (χ1v) is 7.48. The van der Waals surface area contributed by atoms with Crippen molar-refractivity contribution in [1.29, 1.82) is 0 Å². The van der Waals surface area contributed by atoms with E-state index >= 15 is 0 Å². The van der Waals surface area contributed by atoms with E-state index in [4.69, 9.17) is 15.2 Å². The molecule has 2 heterocycles. The molecule has 1 aromatic heterocycles. The number of aryl methyl sites for hydroxylation is 1. The van der Waals surface area contributed by atoms with Gasteiger partial charge in [-0.25, -0.2) is 4.98 Å². The van der Waals surface area contributed by atoms with Crippen molar-refractivity contribution in [3.05, 3.63) is 33.8 Å². The van der Waals surface area contributed by atoms with Gasteiger partial charge in [0, 0.05) is 12.1 Å². The third-order valence-corrected chi connectivity index (χ3v) is 4.54. The molecule has 0 fully saturated rings. The third-order valence-electron chi connectivity index (χ3n) is 3.54. The van der Waals surface area contributed by atoms with Gasteiger partial charge in [-0.1, -0.05) is 11.3 Å². The predicted octanol–water partition coefficient (Wildman–Crippen LogP) is 2.44. The number of rotatable bonds is 3. The van der Waals surface area contributed by atoms with Gasteiger partial charge in [0.25, 0.3) is 0 Å². The van der Waals surface area contributed by atoms with Crippen LogP contribution in [0.25, 0.3) is 0 Å². The Balaban J connectivity index is 2.15. The Morgan fingerprint density at radius 3 is 2.52 bits per heavy atom. The molecule has 2 aromatic rings. The molecule has 3 rings (SSSR count). The number of aliphatic imine (C=N–C) groups is 1. The van der Waals surface area contributed by atoms with Crippen LogP contribution in [0, 0.1) is 6.92 Å². The third kappa shape index (κ3) is 2.35. The highest BCUT2D eigenvalue weighted by molar-refractivity contribution is 7.17. The van der Waals surface area contributed by atoms with E-state index in [2.05, 4.69) is 9.98 Å². The number of methoxy groups -OCH3 is 2. The molecular formula is C15H17N3O2S. The Kier molecular flexibility index (Phi) is 3.55. The maximum Gasteiger partial charge on any atom is 0.180 e. The summed E-state index contributed by atoms with van der Waals surface area (Å²) in [6, 6.07) is 4.02. The summed E-state index contributed by atoms with van der Waals surface area (Å²) in [5.41, 5.74) is 9.97. The van der Waals surface area contributed by atoms with Gasteiger partial charge in [-0.15, -0.1) is 0 Å². The van der Waals surface area contributed by atoms with Crippen LogP contribution in [0.15, 0.2) is 17.1 Å². The zero-order chi connectivity index (χ0) is 15.0. The number of hydrogen-bond acceptors (Lipinski definition) is 6. The molecule has 1 aliphatic rings. The van der Waals surface area contributed by atoms with E-state index in [1.54, 1.807) is 14.2 Å². The molecule has 21 heavy (non-hydrogen) atoms. The molecule has 110 valence electrons. The minimum Gasteiger partial charge on any atom is -0.493 e. The van der Waals surface area contributed by atoms with Crippen molar-refractivity contribution >= 4 is 22.2 Å². The summed E-state index contributed by atoms with van der Waals surface area (Å²) in [5, 5.41) is 0.567. The Bertz CT molecular complexity index is 722. The average molecular weight is 303 g/mol. The number of aromatic nitrogens is 1. The topological polar surface area (TPSA) is 69.7 Å². The predicted molar refractivity (Wildman–Crippen MR) is 85.0 cm³/mol. The standard InChI is InChI=1S/C15H17N3O2S/c1-8-14(21-15(16)18-8)13-10-7-12(20-3)11(19-2)6-9(10)4-5-17-13/h6-7H,4-5H2,1-3H3,(H2,16,18). The molecule has 0 radical (unpaired) electrons. The molecule has 1 aliphatic heterocycles. The summed E-state index contributed by atoms with van der Waals surface area (Å²) >= 11 is 1.47. The highest BCUT2D eigenvalue weighted by Crippen LogP contribution is 2.35. The molecule has 6 heteroatoms. The smallest absolute Gasteiger partial charge is 0.180 e. The van der Waals surface area contributed by atoms with Crippen LogP contribution in [0.1, 0.15) is 21.7 Å². The number of hydrogen-bond donors (Lipinski definition) is 1. The van der Waals surface area contributed by atoms with Crippen LogP contribution in [0.5, 0.6) is 11.5 Å². The normalized spacial score (nSPS) is 13.6. The van der Waals surface area contributed by atoms with E-state index in [0.29, 0.717) is 10.9 Å². The van der Waals surface area contributed by atoms with Gasteiger partial charge in [-0.2, -0.15) is 0 Å². The van der Waals surface area contributed by atoms with Crippen LogP contribution >= 0.6 is 11.3 Å². The fraction of sp³-hybridized carbons (Fsp3) is 0.333. The van der Waals surface area contributed by atoms with Crippen molar-refractivity contribution in [2.75, 3.05) is 26.5 Å². The maximum absolute atomic E-state index is 5.82. The lowest BCUT2D eigenvalue weighted by molar-refractivity contribution is 0.354. The molecule has 0 aliphatic carbocycles. The van der Waals surface area contributed by atoms with E-state index in [1.165, 1.54) is 16.9 Å². The molecule has 0 unspecified atom stereocenters. The van der Waals surface area contributed by atoms with E-state index in [9.17, 15) is 0 Å². The fourth-order valence-corrected chi connectivity index (χ4v) is 3.41. The minimum atomic E-state index is 0.567. The van der Waals surface area contributed by atoms with Gasteiger partial charge < -0.3 is 15.2 Å². The van der Waals surface area contributed by atoms with Crippen LogP contribution in [-0.4, -0.2) is 31.5 Å². The number of nitrogens with zero attached hydrogens (tertiary/aromatic N) is 2. The Hall–Kier alpha value is -2.08. The number of nitrogen functional groups attached to an aromatic ring is 1. The molecule has 0 atom stereocenters. The second-order valence-corrected chi connectivity index (χ2v) is 5.84. The van der Waals surface area contributed by atoms with Gasteiger partial charge in [-0.05, 0) is 31.0 Å². The second kappa shape index (κ2) is 5.37. The maximum atomic E-state index is 5.82. The fourth-order valence-electron chi connectivity index (χ4n) is 2.55. The summed E-state index contributed by atoms with van der Waals surface area (Å²) in [6.07, 6.45) is 0.895. The van der Waals surface area contributed by atoms with E-state index in [-0.39, 0.29) is 0 Å². The molecule has 0 spiro atoms. The van der Waals surface area contributed by atoms with Crippen molar-refractivity contribution in [3.63, 3.8) is 0 Å². The Labute approximate surface area is 127 Å². The molecule has 0 amide bonds. The Morgan fingerprint density at radius 2 is 1.90 bits per heavy atom. The monoisotopic (exact) mass is 303 g/mol. The number of ether oxygens (including phenoxy) is 2. The molecule has 0 saturated heterocycles. The first-order valence-electron chi connectivity index (χ1n) is 6.67. The highest BCUT2D eigenvalue weighted by Gasteiger charge is 2.22. The summed E-state index contributed by atoms with van der Waals surface area (Å²) in [6.45, 7) is 2.72. The van der Waals surface area contributed by atoms with Gasteiger partial charge in [-0.3, -0.25) is 4.99 Å². The first-order chi connectivity index (χ1) is 10.1. The molecule has 1 aromatic carbocycles. The van der Waals surface area contributed by atoms with Crippen LogP contribution in [0.4, 0.5) is 5.13 Å². The summed E-state index contributed by atoms with van der Waals surface area (Å²) < 4.78 is 10.8. The quantitative estimate of drug-likeness (QED) is 0.945. The SMILES string of the molecule is COc1cc2c(cc1OC)C(c1sc(N)nc1C)=NCC2. The zero-order valence-corrected chi connectivity index (χ0v) is 13.1. The molecular weight excluding hydrogens is 286 g/mol. The second-order valence-electron chi connectivity index (χ2n) is 4.81. The lowest BCUT2D eigenvalue weighted by Crippen LogP contribution is -2.14. The largest absolute Gasteiger partial charge is 0.493 e. The summed E-state index contributed by atoms with van der Waals surface area (Å²) in [5.74, 6) is 1.46. The van der Waals surface area contributed by atoms with Crippen molar-refractivity contribution in [2.24, 2.45) is 4.99 Å². The van der Waals surface area contributed by atoms with Gasteiger partial charge in [0.05, 0.1) is 30.5 Å². The van der Waals surface area contributed by atoms with E-state index in [1.807, 2.05) is 19.1 Å². The summed E-state index contributed by atoms with van der Waals surface area (Å²) in [4.78, 5) is 10.0. The first kappa shape index (κ1) is 13.9.